The number of thiazole rings is 1. The molecular formula is C19H15ClNNaO3S. The summed E-state index contributed by atoms with van der Waals surface area (Å²) in [4.78, 5) is 15.0. The van der Waals surface area contributed by atoms with Crippen LogP contribution in [0, 0.1) is 0 Å². The first kappa shape index (κ1) is 20.9. The second kappa shape index (κ2) is 10.1. The number of halogens is 1. The molecular weight excluding hydrogens is 381 g/mol. The largest absolute Gasteiger partial charge is 1.00 e. The van der Waals surface area contributed by atoms with E-state index in [9.17, 15) is 9.90 Å². The van der Waals surface area contributed by atoms with E-state index in [1.165, 1.54) is 11.3 Å². The van der Waals surface area contributed by atoms with Crippen LogP contribution in [-0.2, 0) is 24.2 Å². The number of nitrogens with zero attached hydrogens (tertiary/aromatic N) is 1. The number of ether oxygens (including phenoxy) is 1. The zero-order chi connectivity index (χ0) is 17.6. The van der Waals surface area contributed by atoms with Crippen LogP contribution in [0.3, 0.4) is 0 Å². The number of benzene rings is 2. The Kier molecular flexibility index (Phi) is 8.13. The Bertz CT molecular complexity index is 870. The molecule has 0 aliphatic rings. The number of hydrogen-bond donors (Lipinski definition) is 0. The van der Waals surface area contributed by atoms with Crippen LogP contribution in [0.5, 0.6) is 5.75 Å². The summed E-state index contributed by atoms with van der Waals surface area (Å²) in [5.74, 6) is -0.392. The average Bonchev–Trinajstić information content (AvgIpc) is 3.01. The molecule has 2 aromatic carbocycles. The van der Waals surface area contributed by atoms with E-state index in [0.717, 1.165) is 21.9 Å². The van der Waals surface area contributed by atoms with Gasteiger partial charge >= 0.3 is 29.6 Å². The first-order valence-corrected chi connectivity index (χ1v) is 8.94. The second-order valence-corrected chi connectivity index (χ2v) is 6.86. The van der Waals surface area contributed by atoms with E-state index in [2.05, 4.69) is 4.98 Å². The Hall–Kier alpha value is -1.37. The molecule has 128 valence electrons. The van der Waals surface area contributed by atoms with Gasteiger partial charge in [0.05, 0.1) is 10.7 Å². The normalized spacial score (nSPS) is 10.2. The fraction of sp³-hybridized carbons (Fsp3) is 0.158. The van der Waals surface area contributed by atoms with Gasteiger partial charge in [-0.3, -0.25) is 0 Å². The second-order valence-electron chi connectivity index (χ2n) is 5.48. The molecule has 1 heterocycles. The van der Waals surface area contributed by atoms with Gasteiger partial charge in [-0.2, -0.15) is 0 Å². The molecule has 7 heteroatoms. The van der Waals surface area contributed by atoms with Gasteiger partial charge in [0.15, 0.2) is 0 Å². The molecule has 0 aliphatic carbocycles. The van der Waals surface area contributed by atoms with E-state index in [-0.39, 0.29) is 36.0 Å². The Morgan fingerprint density at radius 3 is 2.69 bits per heavy atom. The number of carboxylic acid groups (broad SMARTS) is 1. The van der Waals surface area contributed by atoms with Crippen molar-refractivity contribution in [2.45, 2.75) is 19.4 Å². The number of carbonyl (C=O) groups excluding carboxylic acids is 1. The number of carbonyl (C=O) groups is 1. The van der Waals surface area contributed by atoms with Crippen LogP contribution in [0.15, 0.2) is 53.9 Å². The molecule has 0 spiro atoms. The average molecular weight is 396 g/mol. The van der Waals surface area contributed by atoms with E-state index in [1.807, 2.05) is 42.5 Å². The van der Waals surface area contributed by atoms with Crippen molar-refractivity contribution in [3.05, 3.63) is 80.8 Å². The molecule has 1 aromatic heterocycles. The number of aromatic nitrogens is 1. The zero-order valence-electron chi connectivity index (χ0n) is 14.3. The SMILES string of the molecule is O=C([O-])Cc1csc(Cc2cc(Cl)ccc2OCc2ccccc2)n1.[Na+]. The van der Waals surface area contributed by atoms with Crippen LogP contribution in [-0.4, -0.2) is 11.0 Å². The van der Waals surface area contributed by atoms with E-state index in [0.29, 0.717) is 23.7 Å². The van der Waals surface area contributed by atoms with E-state index in [1.54, 1.807) is 11.4 Å². The monoisotopic (exact) mass is 395 g/mol. The maximum Gasteiger partial charge on any atom is 1.00 e. The zero-order valence-corrected chi connectivity index (χ0v) is 17.8. The number of hydrogen-bond acceptors (Lipinski definition) is 5. The Morgan fingerprint density at radius 1 is 1.19 bits per heavy atom. The van der Waals surface area contributed by atoms with Crippen LogP contribution >= 0.6 is 22.9 Å². The van der Waals surface area contributed by atoms with Gasteiger partial charge < -0.3 is 14.6 Å². The molecule has 0 aliphatic heterocycles. The van der Waals surface area contributed by atoms with Gasteiger partial charge in [-0.1, -0.05) is 41.9 Å². The molecule has 0 atom stereocenters. The van der Waals surface area contributed by atoms with Crippen molar-refractivity contribution in [3.63, 3.8) is 0 Å². The molecule has 0 N–H and O–H groups in total. The van der Waals surface area contributed by atoms with E-state index < -0.39 is 5.97 Å². The van der Waals surface area contributed by atoms with Gasteiger partial charge in [-0.05, 0) is 23.8 Å². The smallest absolute Gasteiger partial charge is 0.550 e. The van der Waals surface area contributed by atoms with Crippen molar-refractivity contribution >= 4 is 28.9 Å². The summed E-state index contributed by atoms with van der Waals surface area (Å²) in [5, 5.41) is 13.8. The van der Waals surface area contributed by atoms with Crippen molar-refractivity contribution < 1.29 is 44.2 Å². The molecule has 3 aromatic rings. The minimum Gasteiger partial charge on any atom is -0.550 e. The van der Waals surface area contributed by atoms with Crippen molar-refractivity contribution in [2.24, 2.45) is 0 Å². The van der Waals surface area contributed by atoms with Crippen molar-refractivity contribution in [1.82, 2.24) is 4.98 Å². The minimum atomic E-state index is -1.13. The number of carboxylic acids is 1. The molecule has 0 saturated carbocycles. The first-order chi connectivity index (χ1) is 12.1. The summed E-state index contributed by atoms with van der Waals surface area (Å²) in [6, 6.07) is 15.4. The molecule has 0 saturated heterocycles. The quantitative estimate of drug-likeness (QED) is 0.538. The predicted octanol–water partition coefficient (Wildman–Crippen LogP) is 0.263. The Balaban J connectivity index is 0.00000243. The maximum absolute atomic E-state index is 10.7. The van der Waals surface area contributed by atoms with Gasteiger partial charge in [0.1, 0.15) is 12.4 Å². The van der Waals surface area contributed by atoms with E-state index >= 15 is 0 Å². The third kappa shape index (κ3) is 6.11. The topological polar surface area (TPSA) is 62.2 Å². The van der Waals surface area contributed by atoms with Crippen LogP contribution in [0.2, 0.25) is 5.02 Å². The van der Waals surface area contributed by atoms with Crippen molar-refractivity contribution in [1.29, 1.82) is 0 Å². The van der Waals surface area contributed by atoms with Gasteiger partial charge in [0.25, 0.3) is 0 Å². The van der Waals surface area contributed by atoms with Gasteiger partial charge in [0, 0.05) is 34.8 Å². The summed E-state index contributed by atoms with van der Waals surface area (Å²) in [6.07, 6.45) is 0.353. The molecule has 3 rings (SSSR count). The number of aliphatic carboxylic acids is 1. The third-order valence-corrected chi connectivity index (χ3v) is 4.66. The van der Waals surface area contributed by atoms with E-state index in [4.69, 9.17) is 16.3 Å². The maximum atomic E-state index is 10.7. The van der Waals surface area contributed by atoms with Gasteiger partial charge in [0.2, 0.25) is 0 Å². The Morgan fingerprint density at radius 2 is 1.96 bits per heavy atom. The van der Waals surface area contributed by atoms with Crippen molar-refractivity contribution in [3.8, 4) is 5.75 Å². The minimum absolute atomic E-state index is 0. The summed E-state index contributed by atoms with van der Waals surface area (Å²) >= 11 is 7.53. The molecule has 0 radical (unpaired) electrons. The fourth-order valence-electron chi connectivity index (χ4n) is 2.38. The third-order valence-electron chi connectivity index (χ3n) is 3.53. The molecule has 0 amide bonds. The Labute approximate surface area is 183 Å². The summed E-state index contributed by atoms with van der Waals surface area (Å²) in [5.41, 5.74) is 2.50. The van der Waals surface area contributed by atoms with Crippen LogP contribution in [0.1, 0.15) is 21.8 Å². The first-order valence-electron chi connectivity index (χ1n) is 7.68. The predicted molar refractivity (Wildman–Crippen MR) is 95.9 cm³/mol. The summed E-state index contributed by atoms with van der Waals surface area (Å²) in [6.45, 7) is 0.462. The number of rotatable bonds is 7. The fourth-order valence-corrected chi connectivity index (χ4v) is 3.40. The van der Waals surface area contributed by atoms with Gasteiger partial charge in [-0.15, -0.1) is 11.3 Å². The molecule has 26 heavy (non-hydrogen) atoms. The molecule has 0 fully saturated rings. The van der Waals surface area contributed by atoms with Crippen LogP contribution < -0.4 is 39.4 Å². The molecule has 0 bridgehead atoms. The summed E-state index contributed by atoms with van der Waals surface area (Å²) < 4.78 is 5.94. The molecule has 4 nitrogen and oxygen atoms in total. The summed E-state index contributed by atoms with van der Waals surface area (Å²) in [7, 11) is 0. The standard InChI is InChI=1S/C19H16ClNO3S.Na/c20-15-6-7-17(24-11-13-4-2-1-3-5-13)14(8-15)9-18-21-16(12-25-18)10-19(22)23;/h1-8,12H,9-11H2,(H,22,23);/q;+1/p-1. The van der Waals surface area contributed by atoms with Crippen molar-refractivity contribution in [2.75, 3.05) is 0 Å². The van der Waals surface area contributed by atoms with Crippen LogP contribution in [0.4, 0.5) is 0 Å². The molecule has 0 unspecified atom stereocenters. The van der Waals surface area contributed by atoms with Gasteiger partial charge in [-0.25, -0.2) is 4.98 Å². The van der Waals surface area contributed by atoms with Crippen LogP contribution in [0.25, 0.3) is 0 Å².